The molecule has 3 heteroatoms. The van der Waals surface area contributed by atoms with Crippen molar-refractivity contribution in [2.24, 2.45) is 5.92 Å². The molecule has 0 bridgehead atoms. The largest absolute Gasteiger partial charge is 0.391 e. The molecule has 1 amide bonds. The highest BCUT2D eigenvalue weighted by molar-refractivity contribution is 5.78. The maximum atomic E-state index is 11.3. The van der Waals surface area contributed by atoms with Gasteiger partial charge >= 0.3 is 0 Å². The van der Waals surface area contributed by atoms with Crippen molar-refractivity contribution in [3.8, 4) is 0 Å². The van der Waals surface area contributed by atoms with Gasteiger partial charge in [-0.2, -0.15) is 0 Å². The number of rotatable bonds is 2. The lowest BCUT2D eigenvalue weighted by atomic mass is 9.92. The second-order valence-corrected chi connectivity index (χ2v) is 4.12. The van der Waals surface area contributed by atoms with E-state index in [1.807, 2.05) is 13.8 Å². The summed E-state index contributed by atoms with van der Waals surface area (Å²) in [6, 6.07) is -0.0105. The van der Waals surface area contributed by atoms with E-state index in [4.69, 9.17) is 0 Å². The van der Waals surface area contributed by atoms with Crippen LogP contribution in [0.1, 0.15) is 39.5 Å². The summed E-state index contributed by atoms with van der Waals surface area (Å²) in [5, 5.41) is 12.5. The van der Waals surface area contributed by atoms with Crippen LogP contribution in [0.15, 0.2) is 0 Å². The van der Waals surface area contributed by atoms with E-state index in [9.17, 15) is 9.90 Å². The van der Waals surface area contributed by atoms with Crippen LogP contribution in [0.4, 0.5) is 0 Å². The van der Waals surface area contributed by atoms with E-state index in [2.05, 4.69) is 5.32 Å². The van der Waals surface area contributed by atoms with Gasteiger partial charge in [0.25, 0.3) is 0 Å². The van der Waals surface area contributed by atoms with Crippen LogP contribution in [0, 0.1) is 5.92 Å². The predicted molar refractivity (Wildman–Crippen MR) is 51.2 cm³/mol. The van der Waals surface area contributed by atoms with Crippen LogP contribution < -0.4 is 5.32 Å². The number of carbonyl (C=O) groups excluding carboxylic acids is 1. The second-order valence-electron chi connectivity index (χ2n) is 4.12. The molecular formula is C10H19NO2. The van der Waals surface area contributed by atoms with E-state index in [1.165, 1.54) is 0 Å². The van der Waals surface area contributed by atoms with Crippen LogP contribution in [0.5, 0.6) is 0 Å². The summed E-state index contributed by atoms with van der Waals surface area (Å²) in [5.41, 5.74) is 0. The topological polar surface area (TPSA) is 49.3 Å². The summed E-state index contributed by atoms with van der Waals surface area (Å²) in [7, 11) is 0. The number of aliphatic hydroxyl groups excluding tert-OH is 1. The van der Waals surface area contributed by atoms with Crippen LogP contribution in [-0.2, 0) is 4.79 Å². The minimum absolute atomic E-state index is 0.00845. The molecule has 1 aliphatic carbocycles. The Bertz CT molecular complexity index is 180. The first-order valence-corrected chi connectivity index (χ1v) is 5.09. The lowest BCUT2D eigenvalue weighted by Gasteiger charge is -2.28. The van der Waals surface area contributed by atoms with Gasteiger partial charge < -0.3 is 10.4 Å². The Balaban J connectivity index is 2.38. The van der Waals surface area contributed by atoms with Crippen LogP contribution >= 0.6 is 0 Å². The van der Waals surface area contributed by atoms with Crippen molar-refractivity contribution in [3.05, 3.63) is 0 Å². The molecule has 0 saturated heterocycles. The highest BCUT2D eigenvalue weighted by Gasteiger charge is 2.24. The summed E-state index contributed by atoms with van der Waals surface area (Å²) in [6.07, 6.45) is 3.59. The van der Waals surface area contributed by atoms with Crippen molar-refractivity contribution >= 4 is 5.91 Å². The quantitative estimate of drug-likeness (QED) is 0.676. The van der Waals surface area contributed by atoms with E-state index in [1.54, 1.807) is 0 Å². The highest BCUT2D eigenvalue weighted by atomic mass is 16.3. The third-order valence-corrected chi connectivity index (χ3v) is 2.58. The molecule has 0 unspecified atom stereocenters. The van der Waals surface area contributed by atoms with E-state index >= 15 is 0 Å². The molecule has 0 aromatic carbocycles. The standard InChI is InChI=1S/C10H19NO2/c1-7(2)10(13)11-8-5-3-4-6-9(8)12/h7-9,12H,3-6H2,1-2H3,(H,11,13)/t8-,9-/m0/s1. The van der Waals surface area contributed by atoms with Gasteiger partial charge in [0.1, 0.15) is 0 Å². The molecule has 0 aliphatic heterocycles. The number of carbonyl (C=O) groups is 1. The van der Waals surface area contributed by atoms with Crippen LogP contribution in [0.3, 0.4) is 0 Å². The molecule has 1 saturated carbocycles. The van der Waals surface area contributed by atoms with Crippen molar-refractivity contribution in [2.75, 3.05) is 0 Å². The van der Waals surface area contributed by atoms with Crippen molar-refractivity contribution in [1.82, 2.24) is 5.32 Å². The molecule has 0 aromatic rings. The highest BCUT2D eigenvalue weighted by Crippen LogP contribution is 2.18. The van der Waals surface area contributed by atoms with Gasteiger partial charge in [-0.1, -0.05) is 26.7 Å². The van der Waals surface area contributed by atoms with Gasteiger partial charge in [-0.3, -0.25) is 4.79 Å². The number of nitrogens with one attached hydrogen (secondary N) is 1. The fourth-order valence-electron chi connectivity index (χ4n) is 1.63. The van der Waals surface area contributed by atoms with E-state index in [0.29, 0.717) is 0 Å². The van der Waals surface area contributed by atoms with E-state index in [0.717, 1.165) is 25.7 Å². The normalized spacial score (nSPS) is 28.9. The van der Waals surface area contributed by atoms with Crippen LogP contribution in [-0.4, -0.2) is 23.2 Å². The number of hydrogen-bond donors (Lipinski definition) is 2. The zero-order chi connectivity index (χ0) is 9.84. The molecular weight excluding hydrogens is 166 g/mol. The Hall–Kier alpha value is -0.570. The molecule has 0 heterocycles. The molecule has 1 rings (SSSR count). The summed E-state index contributed by atoms with van der Waals surface area (Å²) in [4.78, 5) is 11.3. The molecule has 1 fully saturated rings. The van der Waals surface area contributed by atoms with Gasteiger partial charge in [-0.05, 0) is 12.8 Å². The van der Waals surface area contributed by atoms with Crippen molar-refractivity contribution < 1.29 is 9.90 Å². The van der Waals surface area contributed by atoms with Crippen molar-refractivity contribution in [2.45, 2.75) is 51.7 Å². The zero-order valence-corrected chi connectivity index (χ0v) is 8.42. The lowest BCUT2D eigenvalue weighted by Crippen LogP contribution is -2.46. The van der Waals surface area contributed by atoms with Gasteiger partial charge in [-0.15, -0.1) is 0 Å². The molecule has 0 radical (unpaired) electrons. The van der Waals surface area contributed by atoms with Crippen LogP contribution in [0.2, 0.25) is 0 Å². The number of amides is 1. The van der Waals surface area contributed by atoms with Gasteiger partial charge in [0.2, 0.25) is 5.91 Å². The van der Waals surface area contributed by atoms with Gasteiger partial charge in [0, 0.05) is 5.92 Å². The molecule has 0 spiro atoms. The fourth-order valence-corrected chi connectivity index (χ4v) is 1.63. The number of hydrogen-bond acceptors (Lipinski definition) is 2. The second kappa shape index (κ2) is 4.61. The Morgan fingerprint density at radius 1 is 1.38 bits per heavy atom. The first-order valence-electron chi connectivity index (χ1n) is 5.09. The Kier molecular flexibility index (Phi) is 3.72. The first-order chi connectivity index (χ1) is 6.11. The number of aliphatic hydroxyl groups is 1. The third-order valence-electron chi connectivity index (χ3n) is 2.58. The van der Waals surface area contributed by atoms with Crippen molar-refractivity contribution in [3.63, 3.8) is 0 Å². The molecule has 0 aromatic heterocycles. The van der Waals surface area contributed by atoms with Crippen molar-refractivity contribution in [1.29, 1.82) is 0 Å². The average molecular weight is 185 g/mol. The third kappa shape index (κ3) is 2.99. The zero-order valence-electron chi connectivity index (χ0n) is 8.42. The van der Waals surface area contributed by atoms with E-state index in [-0.39, 0.29) is 24.0 Å². The Morgan fingerprint density at radius 3 is 2.54 bits per heavy atom. The fraction of sp³-hybridized carbons (Fsp3) is 0.900. The smallest absolute Gasteiger partial charge is 0.222 e. The molecule has 76 valence electrons. The van der Waals surface area contributed by atoms with Gasteiger partial charge in [-0.25, -0.2) is 0 Å². The summed E-state index contributed by atoms with van der Waals surface area (Å²) >= 11 is 0. The Labute approximate surface area is 79.5 Å². The average Bonchev–Trinajstić information content (AvgIpc) is 2.08. The maximum Gasteiger partial charge on any atom is 0.222 e. The molecule has 2 N–H and O–H groups in total. The lowest BCUT2D eigenvalue weighted by molar-refractivity contribution is -0.125. The summed E-state index contributed by atoms with van der Waals surface area (Å²) < 4.78 is 0. The molecule has 3 nitrogen and oxygen atoms in total. The van der Waals surface area contributed by atoms with Crippen LogP contribution in [0.25, 0.3) is 0 Å². The van der Waals surface area contributed by atoms with E-state index < -0.39 is 0 Å². The summed E-state index contributed by atoms with van der Waals surface area (Å²) in [5.74, 6) is 0.0556. The summed E-state index contributed by atoms with van der Waals surface area (Å²) in [6.45, 7) is 3.73. The monoisotopic (exact) mass is 185 g/mol. The Morgan fingerprint density at radius 2 is 2.00 bits per heavy atom. The molecule has 13 heavy (non-hydrogen) atoms. The van der Waals surface area contributed by atoms with Gasteiger partial charge in [0.15, 0.2) is 0 Å². The first kappa shape index (κ1) is 10.5. The molecule has 2 atom stereocenters. The molecule has 1 aliphatic rings. The maximum absolute atomic E-state index is 11.3. The predicted octanol–water partition coefficient (Wildman–Crippen LogP) is 1.06. The minimum Gasteiger partial charge on any atom is -0.391 e. The SMILES string of the molecule is CC(C)C(=O)N[C@H]1CCCC[C@@H]1O. The van der Waals surface area contributed by atoms with Gasteiger partial charge in [0.05, 0.1) is 12.1 Å². The minimum atomic E-state index is -0.337.